The number of nitrogens with zero attached hydrogens (tertiary/aromatic N) is 1. The number of terminal acetylenes is 1. The number of amides is 4. The number of primary amides is 1. The van der Waals surface area contributed by atoms with Crippen LogP contribution in [-0.2, 0) is 19.1 Å². The average Bonchev–Trinajstić information content (AvgIpc) is 2.91. The van der Waals surface area contributed by atoms with Gasteiger partial charge in [0.15, 0.2) is 0 Å². The first-order chi connectivity index (χ1) is 19.9. The molecule has 0 aliphatic rings. The van der Waals surface area contributed by atoms with Crippen LogP contribution in [0.2, 0.25) is 0 Å². The summed E-state index contributed by atoms with van der Waals surface area (Å²) in [5, 5.41) is 5.46. The van der Waals surface area contributed by atoms with Gasteiger partial charge in [-0.25, -0.2) is 4.79 Å². The first-order valence-electron chi connectivity index (χ1n) is 14.4. The third-order valence-electron chi connectivity index (χ3n) is 6.55. The van der Waals surface area contributed by atoms with Crippen molar-refractivity contribution in [2.75, 3.05) is 11.9 Å². The number of unbranched alkanes of at least 4 members (excludes halogenated alkanes) is 4. The van der Waals surface area contributed by atoms with E-state index in [-0.39, 0.29) is 6.54 Å². The molecule has 0 radical (unpaired) electrons. The molecule has 2 atom stereocenters. The number of ether oxygens (including phenoxy) is 1. The molecule has 226 valence electrons. The van der Waals surface area contributed by atoms with E-state index in [1.165, 1.54) is 4.90 Å². The molecule has 4 amide bonds. The second kappa shape index (κ2) is 16.2. The molecule has 4 N–H and O–H groups in total. The number of rotatable bonds is 14. The van der Waals surface area contributed by atoms with Crippen LogP contribution in [0.15, 0.2) is 48.5 Å². The molecule has 0 spiro atoms. The Kier molecular flexibility index (Phi) is 13.1. The van der Waals surface area contributed by atoms with E-state index >= 15 is 0 Å². The van der Waals surface area contributed by atoms with Crippen molar-refractivity contribution in [3.63, 3.8) is 0 Å². The number of hydrogen-bond acceptors (Lipinski definition) is 5. The molecule has 2 unspecified atom stereocenters. The van der Waals surface area contributed by atoms with Crippen LogP contribution in [0, 0.1) is 19.3 Å². The Labute approximate surface area is 249 Å². The number of alkyl carbamates (subject to hydrolysis) is 1. The van der Waals surface area contributed by atoms with E-state index in [1.807, 2.05) is 19.1 Å². The van der Waals surface area contributed by atoms with Gasteiger partial charge in [0, 0.05) is 17.8 Å². The third-order valence-corrected chi connectivity index (χ3v) is 6.55. The molecule has 0 saturated heterocycles. The Hall–Kier alpha value is -4.32. The van der Waals surface area contributed by atoms with Crippen LogP contribution >= 0.6 is 0 Å². The minimum absolute atomic E-state index is 0.179. The smallest absolute Gasteiger partial charge is 0.408 e. The van der Waals surface area contributed by atoms with Gasteiger partial charge in [-0.15, -0.1) is 6.42 Å². The van der Waals surface area contributed by atoms with E-state index in [0.29, 0.717) is 23.2 Å². The Balaban J connectivity index is 2.61. The van der Waals surface area contributed by atoms with Crippen molar-refractivity contribution in [1.29, 1.82) is 0 Å². The number of anilines is 1. The third kappa shape index (κ3) is 10.6. The standard InChI is InChI=1S/C33H44N4O5/c1-7-9-10-11-16-21-37(31(40)27(22-28(34)38)36-32(41)42-33(4,5)6)29(25-19-14-13-18-24(25)8-2)30(39)35-26-20-15-12-17-23(26)3/h2,12-15,17-20,27,29H,7,9-11,16,21-22H2,1,3-6H3,(H2,34,38)(H,35,39)(H,36,41). The summed E-state index contributed by atoms with van der Waals surface area (Å²) in [6.07, 6.45) is 8.92. The van der Waals surface area contributed by atoms with E-state index in [0.717, 1.165) is 31.2 Å². The first-order valence-corrected chi connectivity index (χ1v) is 14.4. The molecule has 9 heteroatoms. The number of aryl methyl sites for hydroxylation is 1. The summed E-state index contributed by atoms with van der Waals surface area (Å²) in [6, 6.07) is 11.7. The molecule has 2 rings (SSSR count). The number of hydrogen-bond donors (Lipinski definition) is 3. The molecule has 9 nitrogen and oxygen atoms in total. The fourth-order valence-corrected chi connectivity index (χ4v) is 4.54. The fraction of sp³-hybridized carbons (Fsp3) is 0.455. The fourth-order valence-electron chi connectivity index (χ4n) is 4.54. The molecule has 0 heterocycles. The predicted molar refractivity (Wildman–Crippen MR) is 164 cm³/mol. The number of benzene rings is 2. The summed E-state index contributed by atoms with van der Waals surface area (Å²) >= 11 is 0. The molecule has 42 heavy (non-hydrogen) atoms. The maximum absolute atomic E-state index is 14.3. The van der Waals surface area contributed by atoms with Crippen LogP contribution in [0.5, 0.6) is 0 Å². The van der Waals surface area contributed by atoms with Gasteiger partial charge < -0.3 is 26.0 Å². The van der Waals surface area contributed by atoms with Gasteiger partial charge in [-0.1, -0.05) is 74.9 Å². The van der Waals surface area contributed by atoms with Crippen molar-refractivity contribution in [3.05, 3.63) is 65.2 Å². The SMILES string of the molecule is C#Cc1ccccc1C(C(=O)Nc1ccccc1C)N(CCCCCCC)C(=O)C(CC(N)=O)NC(=O)OC(C)(C)C. The van der Waals surface area contributed by atoms with Crippen LogP contribution in [-0.4, -0.2) is 46.9 Å². The Bertz CT molecular complexity index is 1280. The van der Waals surface area contributed by atoms with E-state index in [4.69, 9.17) is 16.9 Å². The molecule has 0 bridgehead atoms. The second-order valence-corrected chi connectivity index (χ2v) is 11.3. The van der Waals surface area contributed by atoms with Gasteiger partial charge >= 0.3 is 6.09 Å². The van der Waals surface area contributed by atoms with Crippen LogP contribution in [0.3, 0.4) is 0 Å². The van der Waals surface area contributed by atoms with E-state index < -0.39 is 47.9 Å². The van der Waals surface area contributed by atoms with Crippen molar-refractivity contribution >= 4 is 29.5 Å². The number of nitrogens with two attached hydrogens (primary N) is 1. The summed E-state index contributed by atoms with van der Waals surface area (Å²) in [6.45, 7) is 9.20. The summed E-state index contributed by atoms with van der Waals surface area (Å²) < 4.78 is 5.35. The topological polar surface area (TPSA) is 131 Å². The van der Waals surface area contributed by atoms with E-state index in [9.17, 15) is 19.2 Å². The number of carbonyl (C=O) groups is 4. The molecule has 2 aromatic carbocycles. The molecule has 0 aliphatic carbocycles. The van der Waals surface area contributed by atoms with Crippen LogP contribution in [0.1, 0.15) is 89.0 Å². The lowest BCUT2D eigenvalue weighted by atomic mass is 9.96. The first kappa shape index (κ1) is 33.9. The van der Waals surface area contributed by atoms with Gasteiger partial charge in [-0.05, 0) is 57.4 Å². The lowest BCUT2D eigenvalue weighted by Crippen LogP contribution is -2.53. The molecule has 0 fully saturated rings. The zero-order valence-corrected chi connectivity index (χ0v) is 25.4. The quantitative estimate of drug-likeness (QED) is 0.210. The monoisotopic (exact) mass is 576 g/mol. The van der Waals surface area contributed by atoms with Crippen LogP contribution in [0.4, 0.5) is 10.5 Å². The molecular weight excluding hydrogens is 532 g/mol. The predicted octanol–water partition coefficient (Wildman–Crippen LogP) is 5.22. The number of carbonyl (C=O) groups excluding carboxylic acids is 4. The molecular formula is C33H44N4O5. The summed E-state index contributed by atoms with van der Waals surface area (Å²) in [5.74, 6) is 0.699. The summed E-state index contributed by atoms with van der Waals surface area (Å²) in [4.78, 5) is 54.5. The highest BCUT2D eigenvalue weighted by Gasteiger charge is 2.37. The highest BCUT2D eigenvalue weighted by molar-refractivity contribution is 6.00. The van der Waals surface area contributed by atoms with Crippen molar-refractivity contribution in [3.8, 4) is 12.3 Å². The van der Waals surface area contributed by atoms with E-state index in [2.05, 4.69) is 23.5 Å². The minimum atomic E-state index is -1.36. The normalized spacial score (nSPS) is 12.4. The maximum atomic E-state index is 14.3. The second-order valence-electron chi connectivity index (χ2n) is 11.3. The molecule has 2 aromatic rings. The van der Waals surface area contributed by atoms with Crippen molar-refractivity contribution in [1.82, 2.24) is 10.2 Å². The Morgan fingerprint density at radius 1 is 1.00 bits per heavy atom. The zero-order chi connectivity index (χ0) is 31.3. The molecule has 0 saturated carbocycles. The lowest BCUT2D eigenvalue weighted by Gasteiger charge is -2.35. The zero-order valence-electron chi connectivity index (χ0n) is 25.4. The van der Waals surface area contributed by atoms with Gasteiger partial charge in [-0.2, -0.15) is 0 Å². The number of nitrogens with one attached hydrogen (secondary N) is 2. The van der Waals surface area contributed by atoms with Crippen LogP contribution < -0.4 is 16.4 Å². The van der Waals surface area contributed by atoms with Gasteiger partial charge in [-0.3, -0.25) is 14.4 Å². The largest absolute Gasteiger partial charge is 0.444 e. The lowest BCUT2D eigenvalue weighted by molar-refractivity contribution is -0.142. The highest BCUT2D eigenvalue weighted by atomic mass is 16.6. The van der Waals surface area contributed by atoms with Gasteiger partial charge in [0.05, 0.1) is 6.42 Å². The van der Waals surface area contributed by atoms with Gasteiger partial charge in [0.2, 0.25) is 11.8 Å². The highest BCUT2D eigenvalue weighted by Crippen LogP contribution is 2.28. The summed E-state index contributed by atoms with van der Waals surface area (Å²) in [5.41, 5.74) is 6.96. The van der Waals surface area contributed by atoms with Gasteiger partial charge in [0.25, 0.3) is 5.91 Å². The van der Waals surface area contributed by atoms with Crippen molar-refractivity contribution < 1.29 is 23.9 Å². The Morgan fingerprint density at radius 2 is 1.64 bits per heavy atom. The maximum Gasteiger partial charge on any atom is 0.408 e. The van der Waals surface area contributed by atoms with Crippen LogP contribution in [0.25, 0.3) is 0 Å². The molecule has 0 aromatic heterocycles. The van der Waals surface area contributed by atoms with E-state index in [1.54, 1.807) is 57.2 Å². The molecule has 0 aliphatic heterocycles. The minimum Gasteiger partial charge on any atom is -0.444 e. The Morgan fingerprint density at radius 3 is 2.26 bits per heavy atom. The van der Waals surface area contributed by atoms with Gasteiger partial charge in [0.1, 0.15) is 17.7 Å². The number of para-hydroxylation sites is 1. The van der Waals surface area contributed by atoms with Crippen molar-refractivity contribution in [2.45, 2.75) is 90.8 Å². The van der Waals surface area contributed by atoms with Crippen molar-refractivity contribution in [2.24, 2.45) is 5.73 Å². The summed E-state index contributed by atoms with van der Waals surface area (Å²) in [7, 11) is 0. The average molecular weight is 577 g/mol.